The van der Waals surface area contributed by atoms with Crippen LogP contribution in [-0.4, -0.2) is 257 Å². The SMILES string of the molecule is C=C1C[C@@H]2CC[C@@]34C[C@H]5O[C@H]6[C@@H](O3)[C@H]3O[C@H](CC[C@@H]3O[C@H]6[C@H]5O4)CC(=O)C[C@@H]3[C@@H](OC)[C@@H](C[C@H](O)CNC(=O)OCc4ccc(NC(=O)[C@H](CCCNC(N)=O)NC(=O)[C@@H](NC(=O)[C@H](CC(=O)N[C@H]5CCOC5=O)NC(=O)[C@H](CCCCN(C)C)NC(=O)OCC5c6ccccc6-c6ccccc65)C(C)C)cc4)O[C@H]3C[C@H]3O[C@@H](CC[C@@H]1O2)C[C@@H](C)C3=C. The fraction of sp³-hybridized carbons (Fsp3) is 0.644. The molecule has 123 heavy (non-hydrogen) atoms. The summed E-state index contributed by atoms with van der Waals surface area (Å²) in [7, 11) is 5.36. The van der Waals surface area contributed by atoms with E-state index in [0.717, 1.165) is 65.5 Å². The zero-order chi connectivity index (χ0) is 86.9. The number of anilines is 1. The van der Waals surface area contributed by atoms with Gasteiger partial charge in [0, 0.05) is 82.7 Å². The van der Waals surface area contributed by atoms with Crippen molar-refractivity contribution in [1.29, 1.82) is 0 Å². The number of fused-ring (bicyclic) bond motifs is 9. The first kappa shape index (κ1) is 90.3. The number of nitrogens with two attached hydrogens (primary N) is 1. The molecule has 11 N–H and O–H groups in total. The molecule has 0 radical (unpaired) electrons. The fourth-order valence-electron chi connectivity index (χ4n) is 19.8. The Balaban J connectivity index is 0.584. The van der Waals surface area contributed by atoms with Crippen molar-refractivity contribution in [1.82, 2.24) is 42.1 Å². The van der Waals surface area contributed by atoms with Crippen molar-refractivity contribution in [3.05, 3.63) is 114 Å². The molecule has 33 nitrogen and oxygen atoms in total. The average Bonchev–Trinajstić information content (AvgIpc) is 1.55. The first-order valence-corrected chi connectivity index (χ1v) is 44.0. The summed E-state index contributed by atoms with van der Waals surface area (Å²) in [5.74, 6) is -7.04. The molecule has 0 unspecified atom stereocenters. The number of cyclic esters (lactones) is 1. The standard InChI is InChI=1S/C90H122N10O23/c1-47(2)75(99-84(106)67(41-74(103)95-66-31-35-113-86(66)108)97-83(105)65(20-13-14-34-100(6)7)98-89(111)115-46-63-60-18-11-9-16-58(60)59-17-10-12-19-61(59)63)85(107)96-64(21-15-33-92-87(91)109)82(104)94-52-24-22-51(23-25-52)45-114-88(110)93-44-54(102)40-72-76(112-8)62-39-53(101)38-56-27-29-69-77(118-56)81-80-79(120-69)78-73(121-80)43-90(122-78,123-81)32-30-57-37-49(4)68(116-57)28-26-55-36-48(3)50(5)70(117-55)42-71(62)119-72/h9-12,16-19,22-25,47-48,54-57,62-73,75-81,102H,4-5,13-15,20-21,26-46H2,1-3,6-8H3,(H,93,110)(H,94,104)(H,95,103)(H,96,107)(H,97,105)(H,98,111)(H,99,106)(H3,91,92,109)/t48-,54+,55+,56-,57+,62+,64+,65+,66+,67+,68+,69+,70-,71+,72-,73-,75+,76-,77+,78+,79+,80-,81+,90+/m1/s1. The number of carbonyl (C=O) groups is 10. The van der Waals surface area contributed by atoms with Crippen LogP contribution in [0.15, 0.2) is 97.1 Å². The number of alkyl carbamates (subject to hydrolysis) is 2. The molecule has 12 aliphatic rings. The summed E-state index contributed by atoms with van der Waals surface area (Å²) < 4.78 is 77.5. The molecule has 12 bridgehead atoms. The molecule has 33 heteroatoms. The van der Waals surface area contributed by atoms with Crippen LogP contribution in [0.3, 0.4) is 0 Å². The number of esters is 1. The Morgan fingerprint density at radius 2 is 1.33 bits per heavy atom. The number of amides is 9. The highest BCUT2D eigenvalue weighted by atomic mass is 16.8. The van der Waals surface area contributed by atoms with Crippen molar-refractivity contribution >= 4 is 65.2 Å². The molecule has 1 aliphatic carbocycles. The van der Waals surface area contributed by atoms with E-state index in [9.17, 15) is 53.1 Å². The third-order valence-corrected chi connectivity index (χ3v) is 26.2. The molecule has 15 rings (SSSR count). The number of Topliss-reactive ketones (excluding diaryl/α,β-unsaturated/α-hetero) is 1. The highest BCUT2D eigenvalue weighted by Crippen LogP contribution is 2.55. The van der Waals surface area contributed by atoms with Crippen molar-refractivity contribution in [2.75, 3.05) is 59.4 Å². The molecule has 3 aromatic rings. The number of rotatable bonds is 31. The molecule has 670 valence electrons. The van der Waals surface area contributed by atoms with Gasteiger partial charge in [0.25, 0.3) is 0 Å². The number of unbranched alkanes of at least 4 members (excludes halogenated alkanes) is 1. The number of aliphatic hydroxyl groups excluding tert-OH is 1. The molecule has 11 fully saturated rings. The Bertz CT molecular complexity index is 4280. The molecule has 11 heterocycles. The van der Waals surface area contributed by atoms with Gasteiger partial charge in [-0.2, -0.15) is 0 Å². The highest BCUT2D eigenvalue weighted by molar-refractivity contribution is 6.00. The quantitative estimate of drug-likeness (QED) is 0.0145. The second-order valence-corrected chi connectivity index (χ2v) is 35.7. The lowest BCUT2D eigenvalue weighted by atomic mass is 9.81. The van der Waals surface area contributed by atoms with Gasteiger partial charge in [-0.3, -0.25) is 28.8 Å². The summed E-state index contributed by atoms with van der Waals surface area (Å²) >= 11 is 0. The Morgan fingerprint density at radius 3 is 2.06 bits per heavy atom. The van der Waals surface area contributed by atoms with Crippen LogP contribution in [0, 0.1) is 17.8 Å². The zero-order valence-electron chi connectivity index (χ0n) is 71.1. The molecule has 11 saturated heterocycles. The van der Waals surface area contributed by atoms with E-state index in [-0.39, 0.29) is 150 Å². The van der Waals surface area contributed by atoms with Crippen LogP contribution in [0.5, 0.6) is 0 Å². The van der Waals surface area contributed by atoms with Crippen molar-refractivity contribution in [2.45, 2.75) is 295 Å². The lowest BCUT2D eigenvalue weighted by Crippen LogP contribution is -2.61. The van der Waals surface area contributed by atoms with Gasteiger partial charge in [0.15, 0.2) is 5.79 Å². The first-order valence-electron chi connectivity index (χ1n) is 44.0. The van der Waals surface area contributed by atoms with E-state index < -0.39 is 157 Å². The second-order valence-electron chi connectivity index (χ2n) is 35.7. The predicted octanol–water partition coefficient (Wildman–Crippen LogP) is 6.36. The van der Waals surface area contributed by atoms with E-state index in [1.165, 1.54) is 0 Å². The van der Waals surface area contributed by atoms with E-state index in [4.69, 9.17) is 62.6 Å². The number of urea groups is 1. The number of ether oxygens (including phenoxy) is 12. The number of ketones is 1. The largest absolute Gasteiger partial charge is 0.464 e. The number of nitrogens with zero attached hydrogens (tertiary/aromatic N) is 1. The number of primary amides is 1. The van der Waals surface area contributed by atoms with Crippen molar-refractivity contribution < 1.29 is 110 Å². The molecule has 9 amide bonds. The van der Waals surface area contributed by atoms with Gasteiger partial charge in [0.1, 0.15) is 79.7 Å². The highest BCUT2D eigenvalue weighted by Gasteiger charge is 2.69. The summed E-state index contributed by atoms with van der Waals surface area (Å²) in [6.45, 7) is 14.6. The van der Waals surface area contributed by atoms with Crippen LogP contribution in [0.1, 0.15) is 172 Å². The van der Waals surface area contributed by atoms with Crippen LogP contribution in [0.4, 0.5) is 20.1 Å². The number of nitrogens with one attached hydrogen (secondary N) is 8. The summed E-state index contributed by atoms with van der Waals surface area (Å²) in [6.07, 6.45) is -0.458. The molecule has 1 spiro atoms. The van der Waals surface area contributed by atoms with Crippen LogP contribution >= 0.6 is 0 Å². The number of methoxy groups -OCH3 is 1. The number of benzene rings is 3. The summed E-state index contributed by atoms with van der Waals surface area (Å²) in [4.78, 5) is 140. The van der Waals surface area contributed by atoms with E-state index in [1.807, 2.05) is 67.5 Å². The maximum atomic E-state index is 14.7. The minimum absolute atomic E-state index is 0.0227. The van der Waals surface area contributed by atoms with Gasteiger partial charge >= 0.3 is 24.2 Å². The average molecular weight is 1710 g/mol. The van der Waals surface area contributed by atoms with Crippen molar-refractivity contribution in [3.63, 3.8) is 0 Å². The van der Waals surface area contributed by atoms with Gasteiger partial charge in [-0.15, -0.1) is 0 Å². The minimum atomic E-state index is -1.70. The Hall–Kier alpha value is -9.00. The normalized spacial score (nSPS) is 31.2. The molecule has 24 atom stereocenters. The van der Waals surface area contributed by atoms with Gasteiger partial charge in [-0.05, 0) is 161 Å². The van der Waals surface area contributed by atoms with Gasteiger partial charge < -0.3 is 115 Å². The van der Waals surface area contributed by atoms with E-state index >= 15 is 0 Å². The topological polar surface area (TPSA) is 427 Å². The monoisotopic (exact) mass is 1710 g/mol. The predicted molar refractivity (Wildman–Crippen MR) is 444 cm³/mol. The number of aliphatic hydroxyl groups is 1. The number of hydrogen-bond donors (Lipinski definition) is 10. The maximum absolute atomic E-state index is 14.7. The molecule has 0 aromatic heterocycles. The third-order valence-electron chi connectivity index (χ3n) is 26.2. The van der Waals surface area contributed by atoms with Crippen LogP contribution in [0.2, 0.25) is 0 Å². The zero-order valence-corrected chi connectivity index (χ0v) is 71.1. The van der Waals surface area contributed by atoms with Gasteiger partial charge in [0.05, 0.1) is 80.2 Å². The van der Waals surface area contributed by atoms with Crippen molar-refractivity contribution in [2.24, 2.45) is 23.5 Å². The van der Waals surface area contributed by atoms with E-state index in [0.29, 0.717) is 57.1 Å². The molecule has 3 aromatic carbocycles. The lowest BCUT2D eigenvalue weighted by Gasteiger charge is -2.47. The van der Waals surface area contributed by atoms with Gasteiger partial charge in [0.2, 0.25) is 29.5 Å². The minimum Gasteiger partial charge on any atom is -0.464 e. The summed E-state index contributed by atoms with van der Waals surface area (Å²) in [6, 6.07) is 14.4. The first-order chi connectivity index (χ1) is 59.1. The summed E-state index contributed by atoms with van der Waals surface area (Å²) in [5, 5.41) is 32.9. The van der Waals surface area contributed by atoms with E-state index in [2.05, 4.69) is 62.6 Å². The Kier molecular flexibility index (Phi) is 29.7. The molecular formula is C90H122N10O23. The van der Waals surface area contributed by atoms with Crippen LogP contribution in [0.25, 0.3) is 11.1 Å². The summed E-state index contributed by atoms with van der Waals surface area (Å²) in [5.41, 5.74) is 12.1. The van der Waals surface area contributed by atoms with Crippen molar-refractivity contribution in [3.8, 4) is 11.1 Å². The number of carbonyl (C=O) groups excluding carboxylic acids is 10. The van der Waals surface area contributed by atoms with Gasteiger partial charge in [-0.25, -0.2) is 19.2 Å². The maximum Gasteiger partial charge on any atom is 0.407 e. The Labute approximate surface area is 717 Å². The molecule has 11 aliphatic heterocycles. The van der Waals surface area contributed by atoms with Crippen LogP contribution < -0.4 is 48.3 Å². The lowest BCUT2D eigenvalue weighted by molar-refractivity contribution is -0.292. The molecular weight excluding hydrogens is 1590 g/mol. The second kappa shape index (κ2) is 40.5. The number of hydrogen-bond acceptors (Lipinski definition) is 24. The third kappa shape index (κ3) is 22.1. The van der Waals surface area contributed by atoms with Gasteiger partial charge in [-0.1, -0.05) is 94.6 Å². The fourth-order valence-corrected chi connectivity index (χ4v) is 19.8. The van der Waals surface area contributed by atoms with Crippen LogP contribution in [-0.2, 0) is 97.0 Å². The Morgan fingerprint density at radius 1 is 0.650 bits per heavy atom. The molecule has 0 saturated carbocycles. The van der Waals surface area contributed by atoms with E-state index in [1.54, 1.807) is 45.2 Å². The smallest absolute Gasteiger partial charge is 0.407 e.